The molecule has 1 aromatic rings. The number of nitrogens with zero attached hydrogens (tertiary/aromatic N) is 1. The van der Waals surface area contributed by atoms with Gasteiger partial charge in [-0.1, -0.05) is 45.2 Å². The third-order valence-electron chi connectivity index (χ3n) is 3.96. The predicted octanol–water partition coefficient (Wildman–Crippen LogP) is 4.75. The van der Waals surface area contributed by atoms with Crippen molar-refractivity contribution in [3.05, 3.63) is 23.5 Å². The van der Waals surface area contributed by atoms with E-state index in [1.807, 2.05) is 18.3 Å². The minimum atomic E-state index is 0.359. The molecule has 1 aromatic heterocycles. The van der Waals surface area contributed by atoms with Gasteiger partial charge >= 0.3 is 0 Å². The van der Waals surface area contributed by atoms with Crippen LogP contribution >= 0.6 is 11.6 Å². The average Bonchev–Trinajstić information content (AvgIpc) is 2.31. The second kappa shape index (κ2) is 5.48. The first kappa shape index (κ1) is 13.7. The van der Waals surface area contributed by atoms with E-state index in [2.05, 4.69) is 31.1 Å². The summed E-state index contributed by atoms with van der Waals surface area (Å²) < 4.78 is 0. The highest BCUT2D eigenvalue weighted by Crippen LogP contribution is 2.39. The van der Waals surface area contributed by atoms with Crippen LogP contribution in [-0.4, -0.2) is 11.0 Å². The number of anilines is 1. The normalized spacial score (nSPS) is 24.9. The number of aromatic nitrogens is 1. The molecule has 0 aromatic carbocycles. The summed E-state index contributed by atoms with van der Waals surface area (Å²) in [6.07, 6.45) is 7.09. The monoisotopic (exact) mass is 266 g/mol. The van der Waals surface area contributed by atoms with Crippen LogP contribution < -0.4 is 5.32 Å². The van der Waals surface area contributed by atoms with Gasteiger partial charge in [0.15, 0.2) is 0 Å². The minimum absolute atomic E-state index is 0.359. The summed E-state index contributed by atoms with van der Waals surface area (Å²) in [4.78, 5) is 4.13. The molecule has 0 amide bonds. The van der Waals surface area contributed by atoms with Crippen molar-refractivity contribution in [1.82, 2.24) is 4.98 Å². The van der Waals surface area contributed by atoms with Crippen molar-refractivity contribution in [1.29, 1.82) is 0 Å². The van der Waals surface area contributed by atoms with Crippen LogP contribution in [0.5, 0.6) is 0 Å². The molecule has 2 atom stereocenters. The summed E-state index contributed by atoms with van der Waals surface area (Å²) in [6, 6.07) is 4.42. The van der Waals surface area contributed by atoms with Crippen molar-refractivity contribution < 1.29 is 0 Å². The van der Waals surface area contributed by atoms with Crippen LogP contribution in [0, 0.1) is 11.3 Å². The summed E-state index contributed by atoms with van der Waals surface area (Å²) >= 11 is 5.82. The standard InChI is InChI=1S/C15H23ClN2/c1-15(2,3)12-6-4-5-7-13(12)18-11-8-9-14(16)17-10-11/h8-10,12-13,18H,4-7H2,1-3H3. The van der Waals surface area contributed by atoms with Crippen molar-refractivity contribution in [2.24, 2.45) is 11.3 Å². The van der Waals surface area contributed by atoms with Crippen LogP contribution in [0.4, 0.5) is 5.69 Å². The van der Waals surface area contributed by atoms with Crippen LogP contribution in [0.3, 0.4) is 0 Å². The second-order valence-corrected chi connectivity index (χ2v) is 6.76. The summed E-state index contributed by atoms with van der Waals surface area (Å²) in [7, 11) is 0. The third kappa shape index (κ3) is 3.38. The van der Waals surface area contributed by atoms with Gasteiger partial charge in [-0.25, -0.2) is 4.98 Å². The molecule has 0 aliphatic heterocycles. The van der Waals surface area contributed by atoms with Gasteiger partial charge in [-0.2, -0.15) is 0 Å². The fraction of sp³-hybridized carbons (Fsp3) is 0.667. The molecule has 1 fully saturated rings. The molecular weight excluding hydrogens is 244 g/mol. The van der Waals surface area contributed by atoms with Gasteiger partial charge in [0.2, 0.25) is 0 Å². The fourth-order valence-electron chi connectivity index (χ4n) is 3.02. The van der Waals surface area contributed by atoms with Gasteiger partial charge in [-0.3, -0.25) is 0 Å². The molecule has 18 heavy (non-hydrogen) atoms. The Morgan fingerprint density at radius 2 is 1.94 bits per heavy atom. The van der Waals surface area contributed by atoms with Crippen molar-refractivity contribution in [3.8, 4) is 0 Å². The molecule has 100 valence electrons. The van der Waals surface area contributed by atoms with Crippen molar-refractivity contribution in [2.45, 2.75) is 52.5 Å². The second-order valence-electron chi connectivity index (χ2n) is 6.38. The molecule has 1 heterocycles. The molecule has 1 aliphatic rings. The van der Waals surface area contributed by atoms with Gasteiger partial charge in [0.1, 0.15) is 5.15 Å². The van der Waals surface area contributed by atoms with Gasteiger partial charge in [0.25, 0.3) is 0 Å². The van der Waals surface area contributed by atoms with Crippen LogP contribution in [0.1, 0.15) is 46.5 Å². The molecular formula is C15H23ClN2. The van der Waals surface area contributed by atoms with E-state index < -0.39 is 0 Å². The molecule has 3 heteroatoms. The predicted molar refractivity (Wildman–Crippen MR) is 78.1 cm³/mol. The van der Waals surface area contributed by atoms with E-state index in [1.165, 1.54) is 25.7 Å². The highest BCUT2D eigenvalue weighted by atomic mass is 35.5. The molecule has 0 spiro atoms. The SMILES string of the molecule is CC(C)(C)C1CCCCC1Nc1ccc(Cl)nc1. The van der Waals surface area contributed by atoms with E-state index in [9.17, 15) is 0 Å². The number of halogens is 1. The van der Waals surface area contributed by atoms with Crippen molar-refractivity contribution in [2.75, 3.05) is 5.32 Å². The number of hydrogen-bond donors (Lipinski definition) is 1. The maximum atomic E-state index is 5.82. The highest BCUT2D eigenvalue weighted by molar-refractivity contribution is 6.29. The Morgan fingerprint density at radius 3 is 2.56 bits per heavy atom. The van der Waals surface area contributed by atoms with Crippen LogP contribution in [0.2, 0.25) is 5.15 Å². The number of nitrogens with one attached hydrogen (secondary N) is 1. The smallest absolute Gasteiger partial charge is 0.129 e. The molecule has 0 saturated heterocycles. The lowest BCUT2D eigenvalue weighted by molar-refractivity contribution is 0.163. The molecule has 2 rings (SSSR count). The topological polar surface area (TPSA) is 24.9 Å². The Balaban J connectivity index is 2.08. The number of hydrogen-bond acceptors (Lipinski definition) is 2. The summed E-state index contributed by atoms with van der Waals surface area (Å²) in [5.41, 5.74) is 1.44. The molecule has 1 N–H and O–H groups in total. The van der Waals surface area contributed by atoms with Crippen LogP contribution in [0.15, 0.2) is 18.3 Å². The van der Waals surface area contributed by atoms with Gasteiger partial charge in [-0.15, -0.1) is 0 Å². The third-order valence-corrected chi connectivity index (χ3v) is 4.18. The maximum absolute atomic E-state index is 5.82. The molecule has 0 radical (unpaired) electrons. The first-order valence-electron chi connectivity index (χ1n) is 6.85. The minimum Gasteiger partial charge on any atom is -0.381 e. The van der Waals surface area contributed by atoms with Crippen LogP contribution in [-0.2, 0) is 0 Å². The molecule has 2 unspecified atom stereocenters. The molecule has 1 saturated carbocycles. The maximum Gasteiger partial charge on any atom is 0.129 e. The quantitative estimate of drug-likeness (QED) is 0.782. The van der Waals surface area contributed by atoms with Crippen molar-refractivity contribution >= 4 is 17.3 Å². The molecule has 0 bridgehead atoms. The van der Waals surface area contributed by atoms with E-state index in [0.717, 1.165) is 11.6 Å². The van der Waals surface area contributed by atoms with Gasteiger partial charge in [0.05, 0.1) is 11.9 Å². The Labute approximate surface area is 115 Å². The summed E-state index contributed by atoms with van der Waals surface area (Å²) in [6.45, 7) is 7.04. The lowest BCUT2D eigenvalue weighted by Gasteiger charge is -2.41. The zero-order chi connectivity index (χ0) is 13.2. The van der Waals surface area contributed by atoms with Gasteiger partial charge < -0.3 is 5.32 Å². The van der Waals surface area contributed by atoms with E-state index in [4.69, 9.17) is 11.6 Å². The first-order chi connectivity index (χ1) is 8.47. The van der Waals surface area contributed by atoms with E-state index in [1.54, 1.807) is 0 Å². The lowest BCUT2D eigenvalue weighted by Crippen LogP contribution is -2.39. The Bertz CT molecular complexity index is 380. The molecule has 2 nitrogen and oxygen atoms in total. The van der Waals surface area contributed by atoms with E-state index in [0.29, 0.717) is 16.6 Å². The van der Waals surface area contributed by atoms with E-state index in [-0.39, 0.29) is 0 Å². The van der Waals surface area contributed by atoms with Crippen molar-refractivity contribution in [3.63, 3.8) is 0 Å². The zero-order valence-corrected chi connectivity index (χ0v) is 12.3. The Kier molecular flexibility index (Phi) is 4.16. The number of pyridine rings is 1. The fourth-order valence-corrected chi connectivity index (χ4v) is 3.13. The Hall–Kier alpha value is -0.760. The summed E-state index contributed by atoms with van der Waals surface area (Å²) in [5, 5.41) is 4.20. The zero-order valence-electron chi connectivity index (χ0n) is 11.5. The summed E-state index contributed by atoms with van der Waals surface area (Å²) in [5.74, 6) is 0.724. The van der Waals surface area contributed by atoms with Gasteiger partial charge in [-0.05, 0) is 36.3 Å². The molecule has 1 aliphatic carbocycles. The largest absolute Gasteiger partial charge is 0.381 e. The van der Waals surface area contributed by atoms with E-state index >= 15 is 0 Å². The Morgan fingerprint density at radius 1 is 1.22 bits per heavy atom. The van der Waals surface area contributed by atoms with Gasteiger partial charge in [0, 0.05) is 6.04 Å². The first-order valence-corrected chi connectivity index (χ1v) is 7.23. The lowest BCUT2D eigenvalue weighted by atomic mass is 9.69. The highest BCUT2D eigenvalue weighted by Gasteiger charge is 2.33. The average molecular weight is 267 g/mol. The van der Waals surface area contributed by atoms with Crippen LogP contribution in [0.25, 0.3) is 0 Å². The number of rotatable bonds is 2.